The number of hydrogen-bond donors (Lipinski definition) is 3. The van der Waals surface area contributed by atoms with Gasteiger partial charge in [-0.05, 0) is 43.2 Å². The predicted octanol–water partition coefficient (Wildman–Crippen LogP) is 3.28. The van der Waals surface area contributed by atoms with Gasteiger partial charge in [0, 0.05) is 5.39 Å². The summed E-state index contributed by atoms with van der Waals surface area (Å²) in [6.45, 7) is 4.12. The molecule has 120 valence electrons. The Morgan fingerprint density at radius 2 is 1.92 bits per heavy atom. The van der Waals surface area contributed by atoms with Crippen LogP contribution in [0, 0.1) is 6.92 Å². The van der Waals surface area contributed by atoms with Gasteiger partial charge in [-0.25, -0.2) is 14.8 Å². The van der Waals surface area contributed by atoms with Crippen molar-refractivity contribution >= 4 is 27.8 Å². The summed E-state index contributed by atoms with van der Waals surface area (Å²) in [6, 6.07) is 11.9. The average molecular weight is 319 g/mol. The van der Waals surface area contributed by atoms with E-state index in [1.807, 2.05) is 30.3 Å². The molecule has 0 aliphatic carbocycles. The summed E-state index contributed by atoms with van der Waals surface area (Å²) < 4.78 is 0. The SMILES string of the molecule is Cc1cccc2ncnc(NC(C)c3ccc4[nH]c(=O)[nH]c4c3)c12. The summed E-state index contributed by atoms with van der Waals surface area (Å²) in [5.74, 6) is 0.813. The van der Waals surface area contributed by atoms with Crippen molar-refractivity contribution in [2.45, 2.75) is 19.9 Å². The van der Waals surface area contributed by atoms with Crippen LogP contribution in [-0.2, 0) is 0 Å². The van der Waals surface area contributed by atoms with Crippen LogP contribution in [-0.4, -0.2) is 19.9 Å². The topological polar surface area (TPSA) is 86.5 Å². The predicted molar refractivity (Wildman–Crippen MR) is 95.2 cm³/mol. The maximum absolute atomic E-state index is 11.4. The molecule has 0 fully saturated rings. The van der Waals surface area contributed by atoms with Gasteiger partial charge in [-0.15, -0.1) is 0 Å². The zero-order valence-electron chi connectivity index (χ0n) is 13.4. The molecular formula is C18H17N5O. The lowest BCUT2D eigenvalue weighted by Gasteiger charge is -2.17. The molecule has 0 spiro atoms. The third kappa shape index (κ3) is 2.42. The van der Waals surface area contributed by atoms with Crippen LogP contribution in [0.5, 0.6) is 0 Å². The molecule has 6 nitrogen and oxygen atoms in total. The summed E-state index contributed by atoms with van der Waals surface area (Å²) in [4.78, 5) is 25.7. The van der Waals surface area contributed by atoms with Gasteiger partial charge in [0.2, 0.25) is 0 Å². The summed E-state index contributed by atoms with van der Waals surface area (Å²) in [6.07, 6.45) is 1.57. The van der Waals surface area contributed by atoms with Crippen LogP contribution >= 0.6 is 0 Å². The number of anilines is 1. The first-order valence-electron chi connectivity index (χ1n) is 7.80. The van der Waals surface area contributed by atoms with Crippen LogP contribution in [0.4, 0.5) is 5.82 Å². The molecule has 0 amide bonds. The molecule has 4 rings (SSSR count). The highest BCUT2D eigenvalue weighted by molar-refractivity contribution is 5.91. The molecule has 0 aliphatic heterocycles. The van der Waals surface area contributed by atoms with Gasteiger partial charge in [0.25, 0.3) is 0 Å². The number of aryl methyl sites for hydroxylation is 1. The third-order valence-corrected chi connectivity index (χ3v) is 4.26. The first kappa shape index (κ1) is 14.4. The highest BCUT2D eigenvalue weighted by atomic mass is 16.1. The fraction of sp³-hybridized carbons (Fsp3) is 0.167. The molecule has 2 heterocycles. The Kier molecular flexibility index (Phi) is 3.30. The number of H-pyrrole nitrogens is 2. The molecule has 0 saturated heterocycles. The van der Waals surface area contributed by atoms with Crippen molar-refractivity contribution in [3.8, 4) is 0 Å². The van der Waals surface area contributed by atoms with Crippen molar-refractivity contribution in [2.75, 3.05) is 5.32 Å². The van der Waals surface area contributed by atoms with Crippen LogP contribution in [0.25, 0.3) is 21.9 Å². The van der Waals surface area contributed by atoms with E-state index in [4.69, 9.17) is 0 Å². The second kappa shape index (κ2) is 5.49. The molecule has 1 unspecified atom stereocenters. The number of benzene rings is 2. The lowest BCUT2D eigenvalue weighted by Crippen LogP contribution is -2.09. The number of hydrogen-bond acceptors (Lipinski definition) is 4. The first-order valence-corrected chi connectivity index (χ1v) is 7.80. The van der Waals surface area contributed by atoms with Gasteiger partial charge in [0.15, 0.2) is 0 Å². The fourth-order valence-electron chi connectivity index (χ4n) is 3.00. The smallest absolute Gasteiger partial charge is 0.323 e. The monoisotopic (exact) mass is 319 g/mol. The van der Waals surface area contributed by atoms with Crippen molar-refractivity contribution in [3.05, 3.63) is 64.3 Å². The van der Waals surface area contributed by atoms with Gasteiger partial charge in [0.05, 0.1) is 22.6 Å². The molecule has 4 aromatic rings. The van der Waals surface area contributed by atoms with Gasteiger partial charge in [-0.2, -0.15) is 0 Å². The Morgan fingerprint density at radius 1 is 1.08 bits per heavy atom. The lowest BCUT2D eigenvalue weighted by molar-refractivity contribution is 0.877. The minimum atomic E-state index is -0.194. The fourth-order valence-corrected chi connectivity index (χ4v) is 3.00. The summed E-state index contributed by atoms with van der Waals surface area (Å²) in [5.41, 5.74) is 4.53. The van der Waals surface area contributed by atoms with Gasteiger partial charge < -0.3 is 15.3 Å². The molecule has 3 N–H and O–H groups in total. The van der Waals surface area contributed by atoms with Crippen molar-refractivity contribution in [1.29, 1.82) is 0 Å². The van der Waals surface area contributed by atoms with Crippen LogP contribution in [0.15, 0.2) is 47.5 Å². The largest absolute Gasteiger partial charge is 0.363 e. The normalized spacial score (nSPS) is 12.6. The third-order valence-electron chi connectivity index (χ3n) is 4.26. The van der Waals surface area contributed by atoms with E-state index in [1.54, 1.807) is 6.33 Å². The van der Waals surface area contributed by atoms with E-state index in [2.05, 4.69) is 45.2 Å². The number of aromatic nitrogens is 4. The minimum Gasteiger partial charge on any atom is -0.363 e. The molecule has 0 radical (unpaired) electrons. The lowest BCUT2D eigenvalue weighted by atomic mass is 10.1. The standard InChI is InChI=1S/C18H17N5O/c1-10-4-3-5-14-16(10)17(20-9-19-14)21-11(2)12-6-7-13-15(8-12)23-18(24)22-13/h3-9,11H,1-2H3,(H,19,20,21)(H2,22,23,24). The zero-order valence-corrected chi connectivity index (χ0v) is 13.4. The van der Waals surface area contributed by atoms with E-state index in [0.717, 1.165) is 38.9 Å². The number of rotatable bonds is 3. The molecule has 6 heteroatoms. The summed E-state index contributed by atoms with van der Waals surface area (Å²) in [5, 5.41) is 4.49. The molecule has 2 aromatic heterocycles. The van der Waals surface area contributed by atoms with Crippen molar-refractivity contribution in [2.24, 2.45) is 0 Å². The highest BCUT2D eigenvalue weighted by Gasteiger charge is 2.12. The first-order chi connectivity index (χ1) is 11.6. The molecule has 24 heavy (non-hydrogen) atoms. The van der Waals surface area contributed by atoms with E-state index in [9.17, 15) is 4.79 Å². The van der Waals surface area contributed by atoms with Gasteiger partial charge in [0.1, 0.15) is 12.1 Å². The highest BCUT2D eigenvalue weighted by Crippen LogP contribution is 2.27. The molecule has 0 saturated carbocycles. The Morgan fingerprint density at radius 3 is 2.79 bits per heavy atom. The molecule has 1 atom stereocenters. The van der Waals surface area contributed by atoms with E-state index < -0.39 is 0 Å². The van der Waals surface area contributed by atoms with Crippen molar-refractivity contribution in [1.82, 2.24) is 19.9 Å². The maximum atomic E-state index is 11.4. The Hall–Kier alpha value is -3.15. The molecule has 2 aromatic carbocycles. The number of nitrogens with zero attached hydrogens (tertiary/aromatic N) is 2. The van der Waals surface area contributed by atoms with E-state index in [0.29, 0.717) is 0 Å². The minimum absolute atomic E-state index is 0.0329. The summed E-state index contributed by atoms with van der Waals surface area (Å²) in [7, 11) is 0. The van der Waals surface area contributed by atoms with Gasteiger partial charge >= 0.3 is 5.69 Å². The van der Waals surface area contributed by atoms with Crippen LogP contribution in [0.2, 0.25) is 0 Å². The zero-order chi connectivity index (χ0) is 16.7. The Labute approximate surface area is 138 Å². The molecule has 0 bridgehead atoms. The molecular weight excluding hydrogens is 302 g/mol. The Balaban J connectivity index is 1.72. The number of nitrogens with one attached hydrogen (secondary N) is 3. The van der Waals surface area contributed by atoms with Gasteiger partial charge in [-0.3, -0.25) is 0 Å². The Bertz CT molecular complexity index is 1090. The maximum Gasteiger partial charge on any atom is 0.323 e. The molecule has 0 aliphatic rings. The van der Waals surface area contributed by atoms with Crippen molar-refractivity contribution < 1.29 is 0 Å². The van der Waals surface area contributed by atoms with Crippen LogP contribution in [0.3, 0.4) is 0 Å². The van der Waals surface area contributed by atoms with Crippen molar-refractivity contribution in [3.63, 3.8) is 0 Å². The van der Waals surface area contributed by atoms with E-state index in [-0.39, 0.29) is 11.7 Å². The van der Waals surface area contributed by atoms with E-state index in [1.165, 1.54) is 0 Å². The summed E-state index contributed by atoms with van der Waals surface area (Å²) >= 11 is 0. The van der Waals surface area contributed by atoms with E-state index >= 15 is 0 Å². The van der Waals surface area contributed by atoms with Crippen LogP contribution in [0.1, 0.15) is 24.1 Å². The quantitative estimate of drug-likeness (QED) is 0.541. The number of fused-ring (bicyclic) bond motifs is 2. The van der Waals surface area contributed by atoms with Crippen LogP contribution < -0.4 is 11.0 Å². The van der Waals surface area contributed by atoms with Gasteiger partial charge in [-0.1, -0.05) is 18.2 Å². The number of aromatic amines is 2. The second-order valence-corrected chi connectivity index (χ2v) is 5.94. The number of imidazole rings is 1. The average Bonchev–Trinajstić information content (AvgIpc) is 2.94. The second-order valence-electron chi connectivity index (χ2n) is 5.94.